The largest absolute Gasteiger partial charge is 0.368 e. The van der Waals surface area contributed by atoms with Crippen molar-refractivity contribution in [1.29, 1.82) is 0 Å². The van der Waals surface area contributed by atoms with E-state index in [1.165, 1.54) is 0 Å². The predicted molar refractivity (Wildman–Crippen MR) is 86.7 cm³/mol. The van der Waals surface area contributed by atoms with Gasteiger partial charge in [0.25, 0.3) is 0 Å². The second-order valence-corrected chi connectivity index (χ2v) is 5.47. The summed E-state index contributed by atoms with van der Waals surface area (Å²) in [5, 5.41) is 2.85. The number of unbranched alkanes of at least 4 members (excludes halogenated alkanes) is 1. The van der Waals surface area contributed by atoms with Gasteiger partial charge in [0.15, 0.2) is 0 Å². The molecule has 0 aliphatic carbocycles. The Labute approximate surface area is 127 Å². The number of rotatable bonds is 6. The smallest absolute Gasteiger partial charge is 0.225 e. The number of nitrogens with zero attached hydrogens (tertiary/aromatic N) is 3. The first-order valence-corrected chi connectivity index (χ1v) is 7.96. The van der Waals surface area contributed by atoms with Gasteiger partial charge < -0.3 is 15.1 Å². The zero-order valence-electron chi connectivity index (χ0n) is 13.1. The lowest BCUT2D eigenvalue weighted by atomic mass is 10.2. The van der Waals surface area contributed by atoms with Gasteiger partial charge in [-0.1, -0.05) is 20.3 Å². The number of hydrogen-bond donors (Lipinski definition) is 1. The fourth-order valence-electron chi connectivity index (χ4n) is 2.51. The molecule has 2 rings (SSSR count). The van der Waals surface area contributed by atoms with Crippen molar-refractivity contribution in [2.45, 2.75) is 33.1 Å². The SMILES string of the molecule is CCCCC(=O)Nc1ccc(N2CCN(CC)CC2)cn1. The third-order valence-electron chi connectivity index (χ3n) is 3.96. The van der Waals surface area contributed by atoms with Crippen LogP contribution in [0, 0.1) is 0 Å². The summed E-state index contributed by atoms with van der Waals surface area (Å²) in [6.45, 7) is 9.69. The van der Waals surface area contributed by atoms with E-state index in [2.05, 4.69) is 33.9 Å². The Morgan fingerprint density at radius 3 is 2.57 bits per heavy atom. The lowest BCUT2D eigenvalue weighted by molar-refractivity contribution is -0.116. The monoisotopic (exact) mass is 290 g/mol. The van der Waals surface area contributed by atoms with E-state index in [4.69, 9.17) is 0 Å². The number of pyridine rings is 1. The summed E-state index contributed by atoms with van der Waals surface area (Å²) >= 11 is 0. The van der Waals surface area contributed by atoms with Crippen LogP contribution in [-0.2, 0) is 4.79 Å². The Hall–Kier alpha value is -1.62. The van der Waals surface area contributed by atoms with Gasteiger partial charge >= 0.3 is 0 Å². The van der Waals surface area contributed by atoms with Gasteiger partial charge in [0.2, 0.25) is 5.91 Å². The van der Waals surface area contributed by atoms with Gasteiger partial charge in [0.1, 0.15) is 5.82 Å². The number of anilines is 2. The molecule has 1 aliphatic heterocycles. The fourth-order valence-corrected chi connectivity index (χ4v) is 2.51. The molecular formula is C16H26N4O. The molecule has 1 fully saturated rings. The van der Waals surface area contributed by atoms with E-state index in [0.29, 0.717) is 12.2 Å². The summed E-state index contributed by atoms with van der Waals surface area (Å²) < 4.78 is 0. The Balaban J connectivity index is 1.86. The number of likely N-dealkylation sites (N-methyl/N-ethyl adjacent to an activating group) is 1. The standard InChI is InChI=1S/C16H26N4O/c1-3-5-6-16(21)18-15-8-7-14(13-17-15)20-11-9-19(4-2)10-12-20/h7-8,13H,3-6,9-12H2,1-2H3,(H,17,18,21). The predicted octanol–water partition coefficient (Wildman–Crippen LogP) is 2.35. The zero-order chi connectivity index (χ0) is 15.1. The summed E-state index contributed by atoms with van der Waals surface area (Å²) in [7, 11) is 0. The summed E-state index contributed by atoms with van der Waals surface area (Å²) in [6, 6.07) is 3.94. The van der Waals surface area contributed by atoms with E-state index >= 15 is 0 Å². The molecule has 1 saturated heterocycles. The van der Waals surface area contributed by atoms with E-state index in [9.17, 15) is 4.79 Å². The van der Waals surface area contributed by atoms with Crippen molar-refractivity contribution in [3.8, 4) is 0 Å². The third-order valence-corrected chi connectivity index (χ3v) is 3.96. The molecule has 2 heterocycles. The Bertz CT molecular complexity index is 438. The molecule has 0 saturated carbocycles. The lowest BCUT2D eigenvalue weighted by Gasteiger charge is -2.35. The fraction of sp³-hybridized carbons (Fsp3) is 0.625. The van der Waals surface area contributed by atoms with Crippen LogP contribution in [0.15, 0.2) is 18.3 Å². The zero-order valence-corrected chi connectivity index (χ0v) is 13.1. The van der Waals surface area contributed by atoms with E-state index in [-0.39, 0.29) is 5.91 Å². The van der Waals surface area contributed by atoms with Crippen molar-refractivity contribution in [2.75, 3.05) is 42.9 Å². The normalized spacial score (nSPS) is 16.0. The van der Waals surface area contributed by atoms with Gasteiger partial charge in [-0.05, 0) is 25.1 Å². The molecular weight excluding hydrogens is 264 g/mol. The van der Waals surface area contributed by atoms with Crippen LogP contribution in [0.25, 0.3) is 0 Å². The van der Waals surface area contributed by atoms with Crippen molar-refractivity contribution >= 4 is 17.4 Å². The van der Waals surface area contributed by atoms with Gasteiger partial charge in [0.05, 0.1) is 11.9 Å². The Morgan fingerprint density at radius 2 is 2.00 bits per heavy atom. The van der Waals surface area contributed by atoms with Crippen molar-refractivity contribution in [2.24, 2.45) is 0 Å². The number of hydrogen-bond acceptors (Lipinski definition) is 4. The van der Waals surface area contributed by atoms with Crippen molar-refractivity contribution in [1.82, 2.24) is 9.88 Å². The maximum atomic E-state index is 11.7. The van der Waals surface area contributed by atoms with Crippen LogP contribution in [0.2, 0.25) is 0 Å². The molecule has 5 nitrogen and oxygen atoms in total. The lowest BCUT2D eigenvalue weighted by Crippen LogP contribution is -2.46. The molecule has 1 amide bonds. The van der Waals surface area contributed by atoms with E-state index in [0.717, 1.165) is 51.3 Å². The molecule has 0 bridgehead atoms. The average Bonchev–Trinajstić information content (AvgIpc) is 2.54. The van der Waals surface area contributed by atoms with Crippen LogP contribution in [0.4, 0.5) is 11.5 Å². The van der Waals surface area contributed by atoms with Gasteiger partial charge in [0, 0.05) is 32.6 Å². The third kappa shape index (κ3) is 4.70. The number of carbonyl (C=O) groups excluding carboxylic acids is 1. The van der Waals surface area contributed by atoms with Crippen LogP contribution in [-0.4, -0.2) is 48.5 Å². The molecule has 21 heavy (non-hydrogen) atoms. The maximum absolute atomic E-state index is 11.7. The molecule has 5 heteroatoms. The Kier molecular flexibility index (Phi) is 5.99. The first kappa shape index (κ1) is 15.8. The van der Waals surface area contributed by atoms with E-state index in [1.54, 1.807) is 0 Å². The van der Waals surface area contributed by atoms with Gasteiger partial charge in [-0.2, -0.15) is 0 Å². The van der Waals surface area contributed by atoms with Crippen LogP contribution >= 0.6 is 0 Å². The second-order valence-electron chi connectivity index (χ2n) is 5.47. The summed E-state index contributed by atoms with van der Waals surface area (Å²) in [5.41, 5.74) is 1.14. The summed E-state index contributed by atoms with van der Waals surface area (Å²) in [6.07, 6.45) is 4.38. The van der Waals surface area contributed by atoms with Crippen LogP contribution in [0.5, 0.6) is 0 Å². The number of piperazine rings is 1. The molecule has 1 N–H and O–H groups in total. The first-order valence-electron chi connectivity index (χ1n) is 7.96. The van der Waals surface area contributed by atoms with Crippen molar-refractivity contribution in [3.05, 3.63) is 18.3 Å². The highest BCUT2D eigenvalue weighted by molar-refractivity contribution is 5.89. The number of amides is 1. The van der Waals surface area contributed by atoms with Gasteiger partial charge in [-0.3, -0.25) is 4.79 Å². The van der Waals surface area contributed by atoms with Gasteiger partial charge in [-0.25, -0.2) is 4.98 Å². The highest BCUT2D eigenvalue weighted by Crippen LogP contribution is 2.17. The van der Waals surface area contributed by atoms with E-state index in [1.807, 2.05) is 18.3 Å². The topological polar surface area (TPSA) is 48.5 Å². The maximum Gasteiger partial charge on any atom is 0.225 e. The minimum Gasteiger partial charge on any atom is -0.368 e. The van der Waals surface area contributed by atoms with Crippen LogP contribution in [0.3, 0.4) is 0 Å². The highest BCUT2D eigenvalue weighted by Gasteiger charge is 2.16. The van der Waals surface area contributed by atoms with E-state index < -0.39 is 0 Å². The number of aromatic nitrogens is 1. The van der Waals surface area contributed by atoms with Crippen molar-refractivity contribution in [3.63, 3.8) is 0 Å². The number of carbonyl (C=O) groups is 1. The average molecular weight is 290 g/mol. The number of nitrogens with one attached hydrogen (secondary N) is 1. The van der Waals surface area contributed by atoms with Crippen molar-refractivity contribution < 1.29 is 4.79 Å². The molecule has 1 aromatic heterocycles. The highest BCUT2D eigenvalue weighted by atomic mass is 16.1. The Morgan fingerprint density at radius 1 is 1.24 bits per heavy atom. The summed E-state index contributed by atoms with van der Waals surface area (Å²) in [4.78, 5) is 20.8. The molecule has 0 radical (unpaired) electrons. The molecule has 0 atom stereocenters. The summed E-state index contributed by atoms with van der Waals surface area (Å²) in [5.74, 6) is 0.695. The minimum atomic E-state index is 0.0497. The molecule has 116 valence electrons. The first-order chi connectivity index (χ1) is 10.2. The molecule has 1 aromatic rings. The minimum absolute atomic E-state index is 0.0497. The van der Waals surface area contributed by atoms with Gasteiger partial charge in [-0.15, -0.1) is 0 Å². The van der Waals surface area contributed by atoms with Crippen LogP contribution < -0.4 is 10.2 Å². The molecule has 0 unspecified atom stereocenters. The second kappa shape index (κ2) is 7.98. The van der Waals surface area contributed by atoms with Crippen LogP contribution in [0.1, 0.15) is 33.1 Å². The molecule has 1 aliphatic rings. The quantitative estimate of drug-likeness (QED) is 0.873. The molecule has 0 aromatic carbocycles. The molecule has 0 spiro atoms.